The van der Waals surface area contributed by atoms with Crippen LogP contribution in [0.3, 0.4) is 0 Å². The van der Waals surface area contributed by atoms with E-state index >= 15 is 0 Å². The third-order valence-corrected chi connectivity index (χ3v) is 5.11. The summed E-state index contributed by atoms with van der Waals surface area (Å²) in [6, 6.07) is 5.94. The molecular formula is C20H25N3O4. The lowest BCUT2D eigenvalue weighted by molar-refractivity contribution is -0.122. The molecule has 1 aromatic carbocycles. The first-order valence-corrected chi connectivity index (χ1v) is 9.59. The second-order valence-electron chi connectivity index (χ2n) is 7.13. The standard InChI is InChI=1S/C20H25N3O4/c24-20(3-1-2-14-11-21-22-12-14)23-15-4-6-16(7-5-15)27-17-8-9-18-19(10-17)26-13-25-18/h8-12,15-16H,1-7,13H2,(H,21,22)(H,23,24). The van der Waals surface area contributed by atoms with Gasteiger partial charge in [0, 0.05) is 24.7 Å². The molecule has 1 aliphatic heterocycles. The highest BCUT2D eigenvalue weighted by Crippen LogP contribution is 2.36. The Bertz CT molecular complexity index is 755. The number of nitrogens with one attached hydrogen (secondary N) is 2. The average Bonchev–Trinajstić information content (AvgIpc) is 3.34. The Hall–Kier alpha value is -2.70. The SMILES string of the molecule is O=C(CCCc1cn[nH]c1)NC1CCC(Oc2ccc3c(c2)OCO3)CC1. The molecule has 4 rings (SSSR count). The van der Waals surface area contributed by atoms with Crippen LogP contribution in [-0.2, 0) is 11.2 Å². The van der Waals surface area contributed by atoms with Crippen molar-refractivity contribution in [2.75, 3.05) is 6.79 Å². The van der Waals surface area contributed by atoms with Gasteiger partial charge >= 0.3 is 0 Å². The van der Waals surface area contributed by atoms with Crippen molar-refractivity contribution in [3.05, 3.63) is 36.2 Å². The predicted molar refractivity (Wildman–Crippen MR) is 98.9 cm³/mol. The maximum absolute atomic E-state index is 12.1. The van der Waals surface area contributed by atoms with Gasteiger partial charge in [-0.15, -0.1) is 0 Å². The van der Waals surface area contributed by atoms with Gasteiger partial charge in [0.2, 0.25) is 12.7 Å². The van der Waals surface area contributed by atoms with E-state index in [2.05, 4.69) is 15.5 Å². The summed E-state index contributed by atoms with van der Waals surface area (Å²) in [7, 11) is 0. The lowest BCUT2D eigenvalue weighted by Gasteiger charge is -2.29. The Morgan fingerprint density at radius 3 is 2.89 bits per heavy atom. The van der Waals surface area contributed by atoms with Crippen molar-refractivity contribution >= 4 is 5.91 Å². The highest BCUT2D eigenvalue weighted by molar-refractivity contribution is 5.76. The van der Waals surface area contributed by atoms with E-state index in [9.17, 15) is 4.79 Å². The lowest BCUT2D eigenvalue weighted by Crippen LogP contribution is -2.39. The minimum atomic E-state index is 0.138. The number of aromatic nitrogens is 2. The van der Waals surface area contributed by atoms with E-state index in [1.165, 1.54) is 0 Å². The lowest BCUT2D eigenvalue weighted by atomic mass is 9.92. The van der Waals surface area contributed by atoms with E-state index < -0.39 is 0 Å². The number of hydrogen-bond acceptors (Lipinski definition) is 5. The van der Waals surface area contributed by atoms with Crippen molar-refractivity contribution in [1.29, 1.82) is 0 Å². The number of aromatic amines is 1. The van der Waals surface area contributed by atoms with E-state index in [-0.39, 0.29) is 24.8 Å². The Labute approximate surface area is 158 Å². The summed E-state index contributed by atoms with van der Waals surface area (Å²) < 4.78 is 16.8. The Morgan fingerprint density at radius 1 is 1.22 bits per heavy atom. The number of ether oxygens (including phenoxy) is 3. The minimum Gasteiger partial charge on any atom is -0.490 e. The minimum absolute atomic E-state index is 0.138. The third-order valence-electron chi connectivity index (χ3n) is 5.11. The summed E-state index contributed by atoms with van der Waals surface area (Å²) in [4.78, 5) is 12.1. The van der Waals surface area contributed by atoms with Crippen molar-refractivity contribution in [2.24, 2.45) is 0 Å². The first-order chi connectivity index (χ1) is 13.3. The van der Waals surface area contributed by atoms with Crippen LogP contribution in [0.15, 0.2) is 30.6 Å². The molecule has 2 heterocycles. The highest BCUT2D eigenvalue weighted by Gasteiger charge is 2.24. The average molecular weight is 371 g/mol. The van der Waals surface area contributed by atoms with Crippen LogP contribution in [0.5, 0.6) is 17.2 Å². The molecular weight excluding hydrogens is 346 g/mol. The number of H-pyrrole nitrogens is 1. The van der Waals surface area contributed by atoms with Gasteiger partial charge < -0.3 is 19.5 Å². The molecule has 2 N–H and O–H groups in total. The van der Waals surface area contributed by atoms with Crippen molar-refractivity contribution < 1.29 is 19.0 Å². The first kappa shape index (κ1) is 17.7. The van der Waals surface area contributed by atoms with Gasteiger partial charge in [0.05, 0.1) is 12.3 Å². The maximum Gasteiger partial charge on any atom is 0.231 e. The topological polar surface area (TPSA) is 85.5 Å². The number of nitrogens with zero attached hydrogens (tertiary/aromatic N) is 1. The van der Waals surface area contributed by atoms with Crippen molar-refractivity contribution in [3.63, 3.8) is 0 Å². The number of fused-ring (bicyclic) bond motifs is 1. The summed E-state index contributed by atoms with van der Waals surface area (Å²) in [5.41, 5.74) is 1.14. The van der Waals surface area contributed by atoms with Crippen LogP contribution in [-0.4, -0.2) is 35.0 Å². The first-order valence-electron chi connectivity index (χ1n) is 9.59. The zero-order chi connectivity index (χ0) is 18.5. The van der Waals surface area contributed by atoms with Gasteiger partial charge in [0.1, 0.15) is 5.75 Å². The Kier molecular flexibility index (Phi) is 5.46. The van der Waals surface area contributed by atoms with Crippen LogP contribution in [0, 0.1) is 0 Å². The summed E-state index contributed by atoms with van der Waals surface area (Å²) in [6.45, 7) is 0.270. The molecule has 1 fully saturated rings. The molecule has 144 valence electrons. The van der Waals surface area contributed by atoms with E-state index in [1.54, 1.807) is 6.20 Å². The Morgan fingerprint density at radius 2 is 2.07 bits per heavy atom. The molecule has 1 aromatic heterocycles. The number of rotatable bonds is 7. The zero-order valence-electron chi connectivity index (χ0n) is 15.3. The molecule has 1 saturated carbocycles. The van der Waals surface area contributed by atoms with E-state index in [0.717, 1.165) is 61.3 Å². The van der Waals surface area contributed by atoms with E-state index in [4.69, 9.17) is 14.2 Å². The van der Waals surface area contributed by atoms with Crippen LogP contribution >= 0.6 is 0 Å². The quantitative estimate of drug-likeness (QED) is 0.782. The van der Waals surface area contributed by atoms with Crippen LogP contribution in [0.1, 0.15) is 44.1 Å². The fourth-order valence-corrected chi connectivity index (χ4v) is 3.63. The number of hydrogen-bond donors (Lipinski definition) is 2. The van der Waals surface area contributed by atoms with Gasteiger partial charge in [-0.3, -0.25) is 9.89 Å². The van der Waals surface area contributed by atoms with E-state index in [0.29, 0.717) is 6.42 Å². The largest absolute Gasteiger partial charge is 0.490 e. The van der Waals surface area contributed by atoms with Crippen molar-refractivity contribution in [2.45, 2.75) is 57.1 Å². The van der Waals surface area contributed by atoms with Gasteiger partial charge in [-0.25, -0.2) is 0 Å². The number of carbonyl (C=O) groups is 1. The number of benzene rings is 1. The summed E-state index contributed by atoms with van der Waals surface area (Å²) in [6.07, 6.45) is 9.90. The molecule has 1 amide bonds. The Balaban J connectivity index is 1.16. The molecule has 0 bridgehead atoms. The second kappa shape index (κ2) is 8.33. The smallest absolute Gasteiger partial charge is 0.231 e. The predicted octanol–water partition coefficient (Wildman–Crippen LogP) is 2.97. The van der Waals surface area contributed by atoms with E-state index in [1.807, 2.05) is 24.4 Å². The van der Waals surface area contributed by atoms with Crippen LogP contribution in [0.2, 0.25) is 0 Å². The second-order valence-corrected chi connectivity index (χ2v) is 7.13. The fourth-order valence-electron chi connectivity index (χ4n) is 3.63. The molecule has 2 aliphatic rings. The maximum atomic E-state index is 12.1. The van der Waals surface area contributed by atoms with Gasteiger partial charge in [0.15, 0.2) is 11.5 Å². The fraction of sp³-hybridized carbons (Fsp3) is 0.500. The number of aryl methyl sites for hydroxylation is 1. The molecule has 7 nitrogen and oxygen atoms in total. The van der Waals surface area contributed by atoms with Crippen LogP contribution in [0.25, 0.3) is 0 Å². The molecule has 0 radical (unpaired) electrons. The molecule has 2 aromatic rings. The molecule has 1 aliphatic carbocycles. The summed E-state index contributed by atoms with van der Waals surface area (Å²) in [5.74, 6) is 2.45. The molecule has 0 saturated heterocycles. The van der Waals surface area contributed by atoms with Crippen LogP contribution in [0.4, 0.5) is 0 Å². The van der Waals surface area contributed by atoms with Gasteiger partial charge in [0.25, 0.3) is 0 Å². The van der Waals surface area contributed by atoms with Gasteiger partial charge in [-0.1, -0.05) is 0 Å². The number of amides is 1. The molecule has 7 heteroatoms. The monoisotopic (exact) mass is 371 g/mol. The molecule has 27 heavy (non-hydrogen) atoms. The highest BCUT2D eigenvalue weighted by atomic mass is 16.7. The third kappa shape index (κ3) is 4.72. The summed E-state index contributed by atoms with van der Waals surface area (Å²) >= 11 is 0. The molecule has 0 spiro atoms. The zero-order valence-corrected chi connectivity index (χ0v) is 15.3. The van der Waals surface area contributed by atoms with Crippen LogP contribution < -0.4 is 19.5 Å². The normalized spacial score (nSPS) is 21.0. The molecule has 0 atom stereocenters. The van der Waals surface area contributed by atoms with Crippen molar-refractivity contribution in [1.82, 2.24) is 15.5 Å². The molecule has 0 unspecified atom stereocenters. The van der Waals surface area contributed by atoms with Gasteiger partial charge in [-0.2, -0.15) is 5.10 Å². The van der Waals surface area contributed by atoms with Crippen molar-refractivity contribution in [3.8, 4) is 17.2 Å². The summed E-state index contributed by atoms with van der Waals surface area (Å²) in [5, 5.41) is 9.87. The van der Waals surface area contributed by atoms with Gasteiger partial charge in [-0.05, 0) is 56.2 Å². The number of carbonyl (C=O) groups excluding carboxylic acids is 1.